The molecule has 0 atom stereocenters. The Bertz CT molecular complexity index is 515. The van der Waals surface area contributed by atoms with Gasteiger partial charge in [-0.2, -0.15) is 5.10 Å². The summed E-state index contributed by atoms with van der Waals surface area (Å²) in [7, 11) is 0. The molecule has 0 fully saturated rings. The highest BCUT2D eigenvalue weighted by Crippen LogP contribution is 2.16. The van der Waals surface area contributed by atoms with Crippen LogP contribution in [-0.2, 0) is 6.54 Å². The Morgan fingerprint density at radius 1 is 1.41 bits per heavy atom. The van der Waals surface area contributed by atoms with E-state index in [1.54, 1.807) is 12.4 Å². The number of nitrogens with one attached hydrogen (secondary N) is 1. The number of pyridine rings is 1. The van der Waals surface area contributed by atoms with Crippen LogP contribution in [0.25, 0.3) is 11.4 Å². The highest BCUT2D eigenvalue weighted by molar-refractivity contribution is 7.71. The second kappa shape index (κ2) is 5.72. The third kappa shape index (κ3) is 2.79. The molecule has 0 bridgehead atoms. The first-order chi connectivity index (χ1) is 8.33. The number of unbranched alkanes of at least 4 members (excludes halogenated alkanes) is 2. The van der Waals surface area contributed by atoms with Gasteiger partial charge in [-0.15, -0.1) is 0 Å². The van der Waals surface area contributed by atoms with Gasteiger partial charge in [-0.05, 0) is 30.8 Å². The molecule has 2 aromatic heterocycles. The zero-order valence-corrected chi connectivity index (χ0v) is 10.7. The van der Waals surface area contributed by atoms with E-state index >= 15 is 0 Å². The highest BCUT2D eigenvalue weighted by Gasteiger charge is 2.07. The summed E-state index contributed by atoms with van der Waals surface area (Å²) in [6.07, 6.45) is 7.10. The fourth-order valence-corrected chi connectivity index (χ4v) is 1.98. The molecule has 0 aromatic carbocycles. The molecule has 0 saturated carbocycles. The van der Waals surface area contributed by atoms with Crippen LogP contribution in [0.1, 0.15) is 26.2 Å². The molecule has 1 N–H and O–H groups in total. The van der Waals surface area contributed by atoms with Crippen molar-refractivity contribution in [1.29, 1.82) is 0 Å². The molecular formula is C12H16N4S. The molecule has 90 valence electrons. The van der Waals surface area contributed by atoms with Crippen molar-refractivity contribution in [2.24, 2.45) is 0 Å². The summed E-state index contributed by atoms with van der Waals surface area (Å²) in [5, 5.41) is 7.12. The van der Waals surface area contributed by atoms with Crippen molar-refractivity contribution < 1.29 is 0 Å². The number of hydrogen-bond acceptors (Lipinski definition) is 3. The molecule has 0 aliphatic rings. The van der Waals surface area contributed by atoms with Crippen LogP contribution in [0, 0.1) is 4.77 Å². The van der Waals surface area contributed by atoms with Gasteiger partial charge in [0, 0.05) is 24.5 Å². The summed E-state index contributed by atoms with van der Waals surface area (Å²) < 4.78 is 2.72. The lowest BCUT2D eigenvalue weighted by molar-refractivity contribution is 0.600. The van der Waals surface area contributed by atoms with Gasteiger partial charge in [-0.25, -0.2) is 0 Å². The number of aromatic nitrogens is 4. The van der Waals surface area contributed by atoms with Gasteiger partial charge < -0.3 is 4.57 Å². The standard InChI is InChI=1S/C12H16N4S/c1-2-3-4-8-16-11(14-15-12(16)17)10-6-5-7-13-9-10/h5-7,9H,2-4,8H2,1H3,(H,15,17). The van der Waals surface area contributed by atoms with Crippen molar-refractivity contribution >= 4 is 12.2 Å². The summed E-state index contributed by atoms with van der Waals surface area (Å²) in [5.41, 5.74) is 0.997. The molecule has 0 radical (unpaired) electrons. The molecular weight excluding hydrogens is 232 g/mol. The fourth-order valence-electron chi connectivity index (χ4n) is 1.76. The van der Waals surface area contributed by atoms with Crippen molar-refractivity contribution in [1.82, 2.24) is 19.7 Å². The number of nitrogens with zero attached hydrogens (tertiary/aromatic N) is 3. The first-order valence-corrected chi connectivity index (χ1v) is 6.29. The number of rotatable bonds is 5. The number of H-pyrrole nitrogens is 1. The Hall–Kier alpha value is -1.49. The van der Waals surface area contributed by atoms with Crippen LogP contribution in [0.2, 0.25) is 0 Å². The zero-order chi connectivity index (χ0) is 12.1. The van der Waals surface area contributed by atoms with E-state index in [-0.39, 0.29) is 0 Å². The van der Waals surface area contributed by atoms with E-state index in [2.05, 4.69) is 22.1 Å². The van der Waals surface area contributed by atoms with Gasteiger partial charge in [-0.3, -0.25) is 10.1 Å². The van der Waals surface area contributed by atoms with Crippen molar-refractivity contribution in [3.63, 3.8) is 0 Å². The molecule has 17 heavy (non-hydrogen) atoms. The predicted molar refractivity (Wildman–Crippen MR) is 70.2 cm³/mol. The maximum atomic E-state index is 5.25. The molecule has 0 spiro atoms. The third-order valence-electron chi connectivity index (χ3n) is 2.66. The van der Waals surface area contributed by atoms with Gasteiger partial charge in [0.1, 0.15) is 0 Å². The van der Waals surface area contributed by atoms with Crippen LogP contribution in [0.5, 0.6) is 0 Å². The van der Waals surface area contributed by atoms with Crippen LogP contribution in [0.3, 0.4) is 0 Å². The van der Waals surface area contributed by atoms with E-state index in [4.69, 9.17) is 12.2 Å². The lowest BCUT2D eigenvalue weighted by atomic mass is 10.2. The molecule has 2 heterocycles. The zero-order valence-electron chi connectivity index (χ0n) is 9.89. The molecule has 2 rings (SSSR count). The van der Waals surface area contributed by atoms with Crippen LogP contribution in [-0.4, -0.2) is 19.7 Å². The monoisotopic (exact) mass is 248 g/mol. The number of hydrogen-bond donors (Lipinski definition) is 1. The van der Waals surface area contributed by atoms with Crippen LogP contribution >= 0.6 is 12.2 Å². The van der Waals surface area contributed by atoms with E-state index in [0.717, 1.165) is 24.4 Å². The predicted octanol–water partition coefficient (Wildman–Crippen LogP) is 3.19. The maximum absolute atomic E-state index is 5.25. The Morgan fingerprint density at radius 2 is 2.29 bits per heavy atom. The van der Waals surface area contributed by atoms with Gasteiger partial charge in [-0.1, -0.05) is 19.8 Å². The first-order valence-electron chi connectivity index (χ1n) is 5.88. The quantitative estimate of drug-likeness (QED) is 0.653. The van der Waals surface area contributed by atoms with Gasteiger partial charge in [0.15, 0.2) is 10.6 Å². The molecule has 2 aromatic rings. The average molecular weight is 248 g/mol. The molecule has 5 heteroatoms. The normalized spacial score (nSPS) is 10.6. The summed E-state index contributed by atoms with van der Waals surface area (Å²) in [5.74, 6) is 0.874. The number of aromatic amines is 1. The van der Waals surface area contributed by atoms with Crippen molar-refractivity contribution in [2.75, 3.05) is 0 Å². The maximum Gasteiger partial charge on any atom is 0.195 e. The first kappa shape index (κ1) is 12.0. The second-order valence-corrected chi connectivity index (χ2v) is 4.34. The van der Waals surface area contributed by atoms with E-state index < -0.39 is 0 Å². The van der Waals surface area contributed by atoms with Crippen LogP contribution in [0.4, 0.5) is 0 Å². The topological polar surface area (TPSA) is 46.5 Å². The van der Waals surface area contributed by atoms with Crippen LogP contribution in [0.15, 0.2) is 24.5 Å². The summed E-state index contributed by atoms with van der Waals surface area (Å²) >= 11 is 5.25. The smallest absolute Gasteiger partial charge is 0.195 e. The Balaban J connectivity index is 2.26. The van der Waals surface area contributed by atoms with Gasteiger partial charge in [0.2, 0.25) is 0 Å². The summed E-state index contributed by atoms with van der Waals surface area (Å²) in [4.78, 5) is 4.11. The van der Waals surface area contributed by atoms with E-state index in [0.29, 0.717) is 4.77 Å². The van der Waals surface area contributed by atoms with E-state index in [1.165, 1.54) is 12.8 Å². The molecule has 0 saturated heterocycles. The minimum Gasteiger partial charge on any atom is -0.300 e. The average Bonchev–Trinajstić information content (AvgIpc) is 2.73. The third-order valence-corrected chi connectivity index (χ3v) is 2.97. The van der Waals surface area contributed by atoms with E-state index in [9.17, 15) is 0 Å². The molecule has 4 nitrogen and oxygen atoms in total. The Kier molecular flexibility index (Phi) is 4.03. The Labute approximate surface area is 106 Å². The van der Waals surface area contributed by atoms with Gasteiger partial charge in [0.25, 0.3) is 0 Å². The minimum atomic E-state index is 0.681. The summed E-state index contributed by atoms with van der Waals surface area (Å²) in [6, 6.07) is 3.90. The molecule has 0 unspecified atom stereocenters. The summed E-state index contributed by atoms with van der Waals surface area (Å²) in [6.45, 7) is 3.10. The Morgan fingerprint density at radius 3 is 3.00 bits per heavy atom. The fraction of sp³-hybridized carbons (Fsp3) is 0.417. The van der Waals surface area contributed by atoms with Crippen LogP contribution < -0.4 is 0 Å². The van der Waals surface area contributed by atoms with Gasteiger partial charge in [0.05, 0.1) is 0 Å². The lowest BCUT2D eigenvalue weighted by Gasteiger charge is -2.05. The van der Waals surface area contributed by atoms with Crippen molar-refractivity contribution in [3.05, 3.63) is 29.3 Å². The molecule has 0 aliphatic carbocycles. The van der Waals surface area contributed by atoms with Crippen molar-refractivity contribution in [3.8, 4) is 11.4 Å². The largest absolute Gasteiger partial charge is 0.300 e. The van der Waals surface area contributed by atoms with E-state index in [1.807, 2.05) is 16.7 Å². The molecule has 0 aliphatic heterocycles. The molecule has 0 amide bonds. The minimum absolute atomic E-state index is 0.681. The van der Waals surface area contributed by atoms with Crippen molar-refractivity contribution in [2.45, 2.75) is 32.7 Å². The SMILES string of the molecule is CCCCCn1c(-c2cccnc2)n[nH]c1=S. The lowest BCUT2D eigenvalue weighted by Crippen LogP contribution is -2.01. The van der Waals surface area contributed by atoms with Gasteiger partial charge >= 0.3 is 0 Å². The second-order valence-electron chi connectivity index (χ2n) is 3.95. The highest BCUT2D eigenvalue weighted by atomic mass is 32.1.